The summed E-state index contributed by atoms with van der Waals surface area (Å²) in [7, 11) is 0. The molecule has 51 valence electrons. The summed E-state index contributed by atoms with van der Waals surface area (Å²) in [5.74, 6) is -0.0548. The van der Waals surface area contributed by atoms with E-state index in [0.29, 0.717) is 6.42 Å². The molecule has 9 heavy (non-hydrogen) atoms. The largest absolute Gasteiger partial charge is 0.449 e. The highest BCUT2D eigenvalue weighted by Gasteiger charge is 1.98. The molecule has 0 saturated heterocycles. The van der Waals surface area contributed by atoms with Gasteiger partial charge in [-0.15, -0.1) is 0 Å². The molecular formula is C6H9O3. The van der Waals surface area contributed by atoms with Crippen molar-refractivity contribution >= 4 is 12.3 Å². The molecule has 3 heteroatoms. The highest BCUT2D eigenvalue weighted by atomic mass is 16.5. The third-order valence-electron chi connectivity index (χ3n) is 0.821. The normalized spacial score (nSPS) is 8.56. The van der Waals surface area contributed by atoms with Crippen molar-refractivity contribution in [1.82, 2.24) is 0 Å². The fraction of sp³-hybridized carbons (Fsp3) is 0.667. The van der Waals surface area contributed by atoms with Gasteiger partial charge in [0, 0.05) is 6.42 Å². The molecule has 1 radical (unpaired) electrons. The molecule has 0 saturated carbocycles. The molecule has 0 aromatic rings. The van der Waals surface area contributed by atoms with Crippen molar-refractivity contribution < 1.29 is 14.3 Å². The first-order valence-electron chi connectivity index (χ1n) is 2.82. The van der Waals surface area contributed by atoms with E-state index in [-0.39, 0.29) is 12.4 Å². The van der Waals surface area contributed by atoms with Gasteiger partial charge in [0.05, 0.1) is 0 Å². The smallest absolute Gasteiger partial charge is 0.417 e. The van der Waals surface area contributed by atoms with Gasteiger partial charge in [-0.25, -0.2) is 4.79 Å². The van der Waals surface area contributed by atoms with Crippen molar-refractivity contribution in [3.63, 3.8) is 0 Å². The summed E-state index contributed by atoms with van der Waals surface area (Å²) in [6.45, 7) is 2.95. The molecule has 0 fully saturated rings. The topological polar surface area (TPSA) is 43.4 Å². The highest BCUT2D eigenvalue weighted by molar-refractivity contribution is 5.80. The number of carbonyl (C=O) groups is 1. The lowest BCUT2D eigenvalue weighted by atomic mass is 10.2. The third-order valence-corrected chi connectivity index (χ3v) is 0.821. The molecule has 0 unspecified atom stereocenters. The first kappa shape index (κ1) is 8.14. The Balaban J connectivity index is 3.16. The Kier molecular flexibility index (Phi) is 4.78. The van der Waals surface area contributed by atoms with Crippen LogP contribution < -0.4 is 0 Å². The van der Waals surface area contributed by atoms with Gasteiger partial charge in [-0.1, -0.05) is 6.92 Å². The Hall–Kier alpha value is -0.860. The van der Waals surface area contributed by atoms with Crippen LogP contribution in [0.1, 0.15) is 19.8 Å². The quantitative estimate of drug-likeness (QED) is 0.541. The minimum atomic E-state index is -0.128. The molecular weight excluding hydrogens is 120 g/mol. The molecule has 0 aromatic heterocycles. The van der Waals surface area contributed by atoms with E-state index in [1.807, 2.05) is 6.92 Å². The van der Waals surface area contributed by atoms with Gasteiger partial charge in [-0.3, -0.25) is 4.79 Å². The van der Waals surface area contributed by atoms with Crippen LogP contribution in [0.2, 0.25) is 0 Å². The summed E-state index contributed by atoms with van der Waals surface area (Å²) in [4.78, 5) is 19.9. The molecule has 0 aliphatic heterocycles. The molecule has 0 rings (SSSR count). The molecule has 0 spiro atoms. The van der Waals surface area contributed by atoms with Crippen LogP contribution >= 0.6 is 0 Å². The third kappa shape index (κ3) is 5.00. The fourth-order valence-corrected chi connectivity index (χ4v) is 0.461. The number of carbonyl (C=O) groups excluding carboxylic acids is 2. The van der Waals surface area contributed by atoms with Crippen LogP contribution in [0.4, 0.5) is 0 Å². The number of rotatable bonds is 5. The van der Waals surface area contributed by atoms with Gasteiger partial charge < -0.3 is 4.74 Å². The fourth-order valence-electron chi connectivity index (χ4n) is 0.461. The van der Waals surface area contributed by atoms with E-state index in [1.165, 1.54) is 6.47 Å². The molecule has 0 atom stereocenters. The van der Waals surface area contributed by atoms with Gasteiger partial charge in [0.25, 0.3) is 0 Å². The predicted molar refractivity (Wildman–Crippen MR) is 31.6 cm³/mol. The van der Waals surface area contributed by atoms with Gasteiger partial charge in [-0.05, 0) is 6.42 Å². The maximum Gasteiger partial charge on any atom is 0.417 e. The van der Waals surface area contributed by atoms with E-state index in [2.05, 4.69) is 4.74 Å². The van der Waals surface area contributed by atoms with Crippen molar-refractivity contribution in [3.05, 3.63) is 0 Å². The Morgan fingerprint density at radius 3 is 2.78 bits per heavy atom. The van der Waals surface area contributed by atoms with E-state index >= 15 is 0 Å². The maximum absolute atomic E-state index is 10.5. The molecule has 0 bridgehead atoms. The van der Waals surface area contributed by atoms with E-state index in [1.54, 1.807) is 0 Å². The van der Waals surface area contributed by atoms with Gasteiger partial charge in [-0.2, -0.15) is 0 Å². The monoisotopic (exact) mass is 129 g/mol. The molecule has 0 aliphatic rings. The van der Waals surface area contributed by atoms with E-state index in [0.717, 1.165) is 6.42 Å². The Bertz CT molecular complexity index is 98.5. The summed E-state index contributed by atoms with van der Waals surface area (Å²) in [6.07, 6.45) is 1.27. The van der Waals surface area contributed by atoms with Crippen LogP contribution in [-0.2, 0) is 14.3 Å². The molecule has 0 amide bonds. The first-order valence-corrected chi connectivity index (χ1v) is 2.82. The summed E-state index contributed by atoms with van der Waals surface area (Å²) in [5, 5.41) is 0. The Morgan fingerprint density at radius 2 is 2.33 bits per heavy atom. The Labute approximate surface area is 54.0 Å². The van der Waals surface area contributed by atoms with Crippen LogP contribution in [0, 0.1) is 0 Å². The number of Topliss-reactive ketones (excluding diaryl/α,β-unsaturated/α-hetero) is 1. The molecule has 0 aromatic carbocycles. The number of hydrogen-bond acceptors (Lipinski definition) is 3. The van der Waals surface area contributed by atoms with Crippen molar-refractivity contribution in [3.8, 4) is 0 Å². The zero-order valence-corrected chi connectivity index (χ0v) is 5.35. The standard InChI is InChI=1S/C6H9O3/c1-2-3-6(8)4-9-5-7/h2-4H2,1H3. The van der Waals surface area contributed by atoms with E-state index in [4.69, 9.17) is 0 Å². The van der Waals surface area contributed by atoms with E-state index < -0.39 is 0 Å². The second kappa shape index (κ2) is 5.28. The second-order valence-corrected chi connectivity index (χ2v) is 1.66. The lowest BCUT2D eigenvalue weighted by Gasteiger charge is -1.92. The highest BCUT2D eigenvalue weighted by Crippen LogP contribution is 1.87. The van der Waals surface area contributed by atoms with Crippen molar-refractivity contribution in [2.75, 3.05) is 6.61 Å². The van der Waals surface area contributed by atoms with Crippen LogP contribution in [0.25, 0.3) is 0 Å². The lowest BCUT2D eigenvalue weighted by molar-refractivity contribution is -0.121. The van der Waals surface area contributed by atoms with Crippen molar-refractivity contribution in [2.24, 2.45) is 0 Å². The molecule has 0 heterocycles. The first-order chi connectivity index (χ1) is 4.31. The van der Waals surface area contributed by atoms with Gasteiger partial charge >= 0.3 is 6.47 Å². The average Bonchev–Trinajstić information content (AvgIpc) is 1.85. The predicted octanol–water partition coefficient (Wildman–Crippen LogP) is 0.439. The van der Waals surface area contributed by atoms with Crippen LogP contribution in [0.5, 0.6) is 0 Å². The second-order valence-electron chi connectivity index (χ2n) is 1.66. The van der Waals surface area contributed by atoms with Crippen LogP contribution in [0.3, 0.4) is 0 Å². The zero-order valence-electron chi connectivity index (χ0n) is 5.35. The van der Waals surface area contributed by atoms with Gasteiger partial charge in [0.2, 0.25) is 0 Å². The zero-order chi connectivity index (χ0) is 7.11. The summed E-state index contributed by atoms with van der Waals surface area (Å²) in [5.41, 5.74) is 0. The summed E-state index contributed by atoms with van der Waals surface area (Å²) in [6, 6.07) is 0. The maximum atomic E-state index is 10.5. The van der Waals surface area contributed by atoms with Crippen LogP contribution in [-0.4, -0.2) is 18.9 Å². The minimum Gasteiger partial charge on any atom is -0.449 e. The molecule has 0 N–H and O–H groups in total. The molecule has 0 aliphatic carbocycles. The Morgan fingerprint density at radius 1 is 1.67 bits per heavy atom. The number of hydrogen-bond donors (Lipinski definition) is 0. The summed E-state index contributed by atoms with van der Waals surface area (Å²) >= 11 is 0. The van der Waals surface area contributed by atoms with Crippen LogP contribution in [0.15, 0.2) is 0 Å². The molecule has 3 nitrogen and oxygen atoms in total. The minimum absolute atomic E-state index is 0.0548. The van der Waals surface area contributed by atoms with Gasteiger partial charge in [0.15, 0.2) is 12.4 Å². The van der Waals surface area contributed by atoms with E-state index in [9.17, 15) is 9.59 Å². The van der Waals surface area contributed by atoms with Crippen molar-refractivity contribution in [1.29, 1.82) is 0 Å². The summed E-state index contributed by atoms with van der Waals surface area (Å²) < 4.78 is 4.09. The lowest BCUT2D eigenvalue weighted by Crippen LogP contribution is -2.06. The number of ether oxygens (including phenoxy) is 1. The SMILES string of the molecule is CCCC(=O)CO[C]=O. The number of ketones is 1. The van der Waals surface area contributed by atoms with Gasteiger partial charge in [0.1, 0.15) is 0 Å². The average molecular weight is 129 g/mol. The van der Waals surface area contributed by atoms with Crippen molar-refractivity contribution in [2.45, 2.75) is 19.8 Å².